The van der Waals surface area contributed by atoms with Gasteiger partial charge in [-0.25, -0.2) is 0 Å². The van der Waals surface area contributed by atoms with Crippen LogP contribution in [0.25, 0.3) is 0 Å². The van der Waals surface area contributed by atoms with Crippen LogP contribution in [0.2, 0.25) is 0 Å². The van der Waals surface area contributed by atoms with Gasteiger partial charge in [0.05, 0.1) is 6.61 Å². The van der Waals surface area contributed by atoms with Gasteiger partial charge in [0.15, 0.2) is 0 Å². The third kappa shape index (κ3) is 7.88. The first kappa shape index (κ1) is 8.88. The van der Waals surface area contributed by atoms with Gasteiger partial charge in [-0.3, -0.25) is 0 Å². The van der Waals surface area contributed by atoms with Crippen molar-refractivity contribution in [3.8, 4) is 0 Å². The fourth-order valence-electron chi connectivity index (χ4n) is 0.507. The third-order valence-electron chi connectivity index (χ3n) is 1.02. The molecule has 56 valence electrons. The lowest BCUT2D eigenvalue weighted by atomic mass is 10.5. The third-order valence-corrected chi connectivity index (χ3v) is 1.02. The van der Waals surface area contributed by atoms with E-state index in [0.29, 0.717) is 6.54 Å². The van der Waals surface area contributed by atoms with Crippen molar-refractivity contribution < 1.29 is 5.11 Å². The summed E-state index contributed by atoms with van der Waals surface area (Å²) in [5, 5.41) is 11.4. The van der Waals surface area contributed by atoms with Crippen LogP contribution in [0.5, 0.6) is 0 Å². The summed E-state index contributed by atoms with van der Waals surface area (Å²) in [6.45, 7) is 2.91. The Labute approximate surface area is 56.7 Å². The molecule has 0 radical (unpaired) electrons. The van der Waals surface area contributed by atoms with Crippen LogP contribution in [0.1, 0.15) is 0 Å². The molecule has 0 saturated carbocycles. The van der Waals surface area contributed by atoms with E-state index in [0.717, 1.165) is 13.1 Å². The van der Waals surface area contributed by atoms with Crippen molar-refractivity contribution >= 4 is 0 Å². The molecule has 2 N–H and O–H groups in total. The van der Waals surface area contributed by atoms with Crippen molar-refractivity contribution in [1.82, 2.24) is 10.2 Å². The first-order valence-electron chi connectivity index (χ1n) is 3.23. The van der Waals surface area contributed by atoms with Gasteiger partial charge in [0.1, 0.15) is 0 Å². The summed E-state index contributed by atoms with van der Waals surface area (Å²) in [4.78, 5) is 2.10. The summed E-state index contributed by atoms with van der Waals surface area (Å²) in [5.74, 6) is 0. The van der Waals surface area contributed by atoms with Gasteiger partial charge < -0.3 is 15.3 Å². The largest absolute Gasteiger partial charge is 0.395 e. The molecule has 0 aliphatic carbocycles. The molecular formula is C6H16N2O. The van der Waals surface area contributed by atoms with E-state index in [4.69, 9.17) is 5.11 Å². The number of aliphatic hydroxyl groups excluding tert-OH is 1. The maximum Gasteiger partial charge on any atom is 0.0555 e. The first-order valence-corrected chi connectivity index (χ1v) is 3.23. The van der Waals surface area contributed by atoms with E-state index >= 15 is 0 Å². The molecule has 0 aliphatic rings. The van der Waals surface area contributed by atoms with Crippen LogP contribution < -0.4 is 5.32 Å². The normalized spacial score (nSPS) is 10.7. The molecule has 9 heavy (non-hydrogen) atoms. The summed E-state index contributed by atoms with van der Waals surface area (Å²) < 4.78 is 0. The SMILES string of the molecule is CN(C)CCNCCO. The Morgan fingerprint density at radius 2 is 2.00 bits per heavy atom. The van der Waals surface area contributed by atoms with Crippen LogP contribution in [0.4, 0.5) is 0 Å². The molecule has 0 aliphatic heterocycles. The van der Waals surface area contributed by atoms with Crippen molar-refractivity contribution in [2.75, 3.05) is 40.3 Å². The molecule has 0 bridgehead atoms. The van der Waals surface area contributed by atoms with Crippen LogP contribution in [0.3, 0.4) is 0 Å². The van der Waals surface area contributed by atoms with E-state index < -0.39 is 0 Å². The number of nitrogens with one attached hydrogen (secondary N) is 1. The van der Waals surface area contributed by atoms with E-state index in [1.54, 1.807) is 0 Å². The predicted molar refractivity (Wildman–Crippen MR) is 38.5 cm³/mol. The Bertz CT molecular complexity index is 57.0. The van der Waals surface area contributed by atoms with Crippen LogP contribution in [-0.4, -0.2) is 50.3 Å². The Morgan fingerprint density at radius 1 is 1.33 bits per heavy atom. The van der Waals surface area contributed by atoms with E-state index in [1.165, 1.54) is 0 Å². The molecule has 0 spiro atoms. The molecule has 0 aromatic heterocycles. The number of likely N-dealkylation sites (N-methyl/N-ethyl adjacent to an activating group) is 1. The molecule has 3 heteroatoms. The lowest BCUT2D eigenvalue weighted by molar-refractivity contribution is 0.288. The van der Waals surface area contributed by atoms with Crippen LogP contribution >= 0.6 is 0 Å². The second kappa shape index (κ2) is 6.01. The summed E-state index contributed by atoms with van der Waals surface area (Å²) in [6, 6.07) is 0. The van der Waals surface area contributed by atoms with Gasteiger partial charge in [0, 0.05) is 19.6 Å². The zero-order valence-electron chi connectivity index (χ0n) is 6.22. The Balaban J connectivity index is 2.75. The van der Waals surface area contributed by atoms with E-state index in [2.05, 4.69) is 10.2 Å². The molecule has 0 rings (SSSR count). The molecule has 3 nitrogen and oxygen atoms in total. The zero-order chi connectivity index (χ0) is 7.11. The van der Waals surface area contributed by atoms with E-state index in [9.17, 15) is 0 Å². The second-order valence-electron chi connectivity index (χ2n) is 2.28. The summed E-state index contributed by atoms with van der Waals surface area (Å²) >= 11 is 0. The van der Waals surface area contributed by atoms with Crippen LogP contribution in [0.15, 0.2) is 0 Å². The number of nitrogens with zero attached hydrogens (tertiary/aromatic N) is 1. The van der Waals surface area contributed by atoms with Gasteiger partial charge in [-0.15, -0.1) is 0 Å². The Morgan fingerprint density at radius 3 is 2.44 bits per heavy atom. The summed E-state index contributed by atoms with van der Waals surface area (Å²) in [6.07, 6.45) is 0. The van der Waals surface area contributed by atoms with Crippen molar-refractivity contribution in [2.45, 2.75) is 0 Å². The average Bonchev–Trinajstić information content (AvgIpc) is 1.80. The van der Waals surface area contributed by atoms with Crippen molar-refractivity contribution in [3.63, 3.8) is 0 Å². The van der Waals surface area contributed by atoms with Crippen molar-refractivity contribution in [2.24, 2.45) is 0 Å². The standard InChI is InChI=1S/C6H16N2O/c1-8(2)5-3-7-4-6-9/h7,9H,3-6H2,1-2H3. The Kier molecular flexibility index (Phi) is 5.93. The highest BCUT2D eigenvalue weighted by Gasteiger charge is 1.86. The molecule has 0 amide bonds. The van der Waals surface area contributed by atoms with Gasteiger partial charge >= 0.3 is 0 Å². The minimum Gasteiger partial charge on any atom is -0.395 e. The minimum absolute atomic E-state index is 0.230. The number of rotatable bonds is 5. The molecule has 0 saturated heterocycles. The monoisotopic (exact) mass is 132 g/mol. The molecule has 0 atom stereocenters. The topological polar surface area (TPSA) is 35.5 Å². The number of hydrogen-bond donors (Lipinski definition) is 2. The minimum atomic E-state index is 0.230. The highest BCUT2D eigenvalue weighted by atomic mass is 16.3. The quantitative estimate of drug-likeness (QED) is 0.477. The average molecular weight is 132 g/mol. The number of hydrogen-bond acceptors (Lipinski definition) is 3. The molecule has 0 aromatic rings. The number of aliphatic hydroxyl groups is 1. The van der Waals surface area contributed by atoms with Gasteiger partial charge in [0.25, 0.3) is 0 Å². The smallest absolute Gasteiger partial charge is 0.0555 e. The molecule has 0 unspecified atom stereocenters. The lowest BCUT2D eigenvalue weighted by Gasteiger charge is -2.08. The van der Waals surface area contributed by atoms with Gasteiger partial charge in [-0.1, -0.05) is 0 Å². The van der Waals surface area contributed by atoms with Gasteiger partial charge in [0.2, 0.25) is 0 Å². The maximum atomic E-state index is 8.36. The van der Waals surface area contributed by atoms with E-state index in [-0.39, 0.29) is 6.61 Å². The molecule has 0 aromatic carbocycles. The highest BCUT2D eigenvalue weighted by molar-refractivity contribution is 4.48. The molecular weight excluding hydrogens is 116 g/mol. The predicted octanol–water partition coefficient (Wildman–Crippen LogP) is -0.870. The van der Waals surface area contributed by atoms with Gasteiger partial charge in [-0.05, 0) is 14.1 Å². The highest BCUT2D eigenvalue weighted by Crippen LogP contribution is 1.68. The molecule has 0 heterocycles. The molecule has 0 fully saturated rings. The van der Waals surface area contributed by atoms with Gasteiger partial charge in [-0.2, -0.15) is 0 Å². The second-order valence-corrected chi connectivity index (χ2v) is 2.28. The van der Waals surface area contributed by atoms with E-state index in [1.807, 2.05) is 14.1 Å². The fraction of sp³-hybridized carbons (Fsp3) is 1.00. The van der Waals surface area contributed by atoms with Crippen molar-refractivity contribution in [1.29, 1.82) is 0 Å². The maximum absolute atomic E-state index is 8.36. The first-order chi connectivity index (χ1) is 4.27. The fourth-order valence-corrected chi connectivity index (χ4v) is 0.507. The van der Waals surface area contributed by atoms with Crippen LogP contribution in [0, 0.1) is 0 Å². The van der Waals surface area contributed by atoms with Crippen molar-refractivity contribution in [3.05, 3.63) is 0 Å². The summed E-state index contributed by atoms with van der Waals surface area (Å²) in [7, 11) is 4.06. The summed E-state index contributed by atoms with van der Waals surface area (Å²) in [5.41, 5.74) is 0. The Hall–Kier alpha value is -0.120. The zero-order valence-corrected chi connectivity index (χ0v) is 6.22. The van der Waals surface area contributed by atoms with Crippen LogP contribution in [-0.2, 0) is 0 Å². The lowest BCUT2D eigenvalue weighted by Crippen LogP contribution is -2.28.